The van der Waals surface area contributed by atoms with Crippen LogP contribution in [0.4, 0.5) is 0 Å². The molecule has 1 aromatic carbocycles. The van der Waals surface area contributed by atoms with E-state index < -0.39 is 5.60 Å². The van der Waals surface area contributed by atoms with Gasteiger partial charge >= 0.3 is 0 Å². The lowest BCUT2D eigenvalue weighted by atomic mass is 9.91. The number of aliphatic hydroxyl groups is 1. The lowest BCUT2D eigenvalue weighted by Gasteiger charge is -2.23. The van der Waals surface area contributed by atoms with Gasteiger partial charge < -0.3 is 10.8 Å². The number of hydrogen-bond donors (Lipinski definition) is 2. The highest BCUT2D eigenvalue weighted by Crippen LogP contribution is 2.27. The quantitative estimate of drug-likeness (QED) is 0.809. The SMILES string of the molecule is Cc1cc(C(C)(O)CCN)ccc1Cl. The fraction of sp³-hybridized carbons (Fsp3) is 0.455. The minimum Gasteiger partial charge on any atom is -0.385 e. The molecule has 0 aliphatic heterocycles. The van der Waals surface area contributed by atoms with Crippen LogP contribution < -0.4 is 5.73 Å². The lowest BCUT2D eigenvalue weighted by molar-refractivity contribution is 0.0504. The second-order valence-electron chi connectivity index (χ2n) is 3.78. The van der Waals surface area contributed by atoms with E-state index in [1.807, 2.05) is 19.1 Å². The average molecular weight is 214 g/mol. The van der Waals surface area contributed by atoms with Crippen molar-refractivity contribution in [3.05, 3.63) is 34.3 Å². The predicted molar refractivity (Wildman–Crippen MR) is 59.4 cm³/mol. The Kier molecular flexibility index (Phi) is 3.53. The second-order valence-corrected chi connectivity index (χ2v) is 4.18. The number of rotatable bonds is 3. The zero-order valence-corrected chi connectivity index (χ0v) is 9.30. The van der Waals surface area contributed by atoms with Crippen LogP contribution in [0.3, 0.4) is 0 Å². The summed E-state index contributed by atoms with van der Waals surface area (Å²) in [6.07, 6.45) is 0.550. The van der Waals surface area contributed by atoms with E-state index in [1.54, 1.807) is 13.0 Å². The van der Waals surface area contributed by atoms with Crippen molar-refractivity contribution in [3.8, 4) is 0 Å². The van der Waals surface area contributed by atoms with Crippen molar-refractivity contribution in [2.75, 3.05) is 6.54 Å². The van der Waals surface area contributed by atoms with Gasteiger partial charge in [-0.2, -0.15) is 0 Å². The highest BCUT2D eigenvalue weighted by atomic mass is 35.5. The molecule has 1 aromatic rings. The molecule has 78 valence electrons. The molecule has 1 unspecified atom stereocenters. The fourth-order valence-electron chi connectivity index (χ4n) is 1.41. The van der Waals surface area contributed by atoms with Crippen LogP contribution in [0.5, 0.6) is 0 Å². The van der Waals surface area contributed by atoms with E-state index in [9.17, 15) is 5.11 Å². The summed E-state index contributed by atoms with van der Waals surface area (Å²) in [5.41, 5.74) is 6.42. The zero-order chi connectivity index (χ0) is 10.8. The first-order valence-electron chi connectivity index (χ1n) is 4.66. The van der Waals surface area contributed by atoms with E-state index in [4.69, 9.17) is 17.3 Å². The maximum atomic E-state index is 10.1. The minimum atomic E-state index is -0.857. The van der Waals surface area contributed by atoms with Crippen LogP contribution >= 0.6 is 11.6 Å². The van der Waals surface area contributed by atoms with E-state index in [-0.39, 0.29) is 0 Å². The van der Waals surface area contributed by atoms with Crippen LogP contribution in [-0.2, 0) is 5.60 Å². The molecule has 1 atom stereocenters. The highest BCUT2D eigenvalue weighted by Gasteiger charge is 2.22. The molecule has 2 nitrogen and oxygen atoms in total. The van der Waals surface area contributed by atoms with Crippen molar-refractivity contribution in [3.63, 3.8) is 0 Å². The van der Waals surface area contributed by atoms with Gasteiger partial charge in [0.1, 0.15) is 0 Å². The molecule has 0 saturated heterocycles. The Balaban J connectivity index is 3.01. The lowest BCUT2D eigenvalue weighted by Crippen LogP contribution is -2.25. The predicted octanol–water partition coefficient (Wildman–Crippen LogP) is 2.20. The Morgan fingerprint density at radius 3 is 2.64 bits per heavy atom. The van der Waals surface area contributed by atoms with Crippen LogP contribution in [-0.4, -0.2) is 11.7 Å². The Morgan fingerprint density at radius 2 is 2.14 bits per heavy atom. The monoisotopic (exact) mass is 213 g/mol. The average Bonchev–Trinajstić information content (AvgIpc) is 2.09. The first-order valence-corrected chi connectivity index (χ1v) is 5.04. The van der Waals surface area contributed by atoms with Gasteiger partial charge in [0, 0.05) is 5.02 Å². The van der Waals surface area contributed by atoms with Gasteiger partial charge in [0.15, 0.2) is 0 Å². The summed E-state index contributed by atoms with van der Waals surface area (Å²) in [4.78, 5) is 0. The molecule has 14 heavy (non-hydrogen) atoms. The van der Waals surface area contributed by atoms with E-state index in [2.05, 4.69) is 0 Å². The summed E-state index contributed by atoms with van der Waals surface area (Å²) in [5, 5.41) is 10.8. The molecule has 0 radical (unpaired) electrons. The van der Waals surface area contributed by atoms with Crippen molar-refractivity contribution >= 4 is 11.6 Å². The van der Waals surface area contributed by atoms with E-state index in [0.29, 0.717) is 13.0 Å². The van der Waals surface area contributed by atoms with Gasteiger partial charge in [0.2, 0.25) is 0 Å². The smallest absolute Gasteiger partial charge is 0.0880 e. The summed E-state index contributed by atoms with van der Waals surface area (Å²) in [6, 6.07) is 5.54. The maximum absolute atomic E-state index is 10.1. The molecular weight excluding hydrogens is 198 g/mol. The van der Waals surface area contributed by atoms with Gasteiger partial charge in [-0.1, -0.05) is 23.7 Å². The molecule has 0 fully saturated rings. The summed E-state index contributed by atoms with van der Waals surface area (Å²) in [7, 11) is 0. The molecule has 3 N–H and O–H groups in total. The number of aryl methyl sites for hydroxylation is 1. The van der Waals surface area contributed by atoms with Crippen LogP contribution in [0.15, 0.2) is 18.2 Å². The van der Waals surface area contributed by atoms with E-state index >= 15 is 0 Å². The molecule has 1 rings (SSSR count). The molecule has 0 aliphatic carbocycles. The van der Waals surface area contributed by atoms with Gasteiger partial charge in [-0.3, -0.25) is 0 Å². The van der Waals surface area contributed by atoms with Crippen molar-refractivity contribution in [2.45, 2.75) is 25.9 Å². The maximum Gasteiger partial charge on any atom is 0.0880 e. The first-order chi connectivity index (χ1) is 6.47. The molecule has 0 spiro atoms. The molecule has 0 saturated carbocycles. The van der Waals surface area contributed by atoms with Gasteiger partial charge in [-0.25, -0.2) is 0 Å². The molecular formula is C11H16ClNO. The van der Waals surface area contributed by atoms with Crippen LogP contribution in [0.1, 0.15) is 24.5 Å². The van der Waals surface area contributed by atoms with Gasteiger partial charge in [0.05, 0.1) is 5.60 Å². The molecule has 0 amide bonds. The standard InChI is InChI=1S/C11H16ClNO/c1-8-7-9(3-4-10(8)12)11(2,14)5-6-13/h3-4,7,14H,5-6,13H2,1-2H3. The molecule has 0 heterocycles. The summed E-state index contributed by atoms with van der Waals surface area (Å²) in [5.74, 6) is 0. The fourth-order valence-corrected chi connectivity index (χ4v) is 1.52. The Bertz CT molecular complexity index is 323. The summed E-state index contributed by atoms with van der Waals surface area (Å²) in [6.45, 7) is 4.15. The molecule has 3 heteroatoms. The van der Waals surface area contributed by atoms with Crippen molar-refractivity contribution in [1.29, 1.82) is 0 Å². The molecule has 0 aromatic heterocycles. The second kappa shape index (κ2) is 4.30. The van der Waals surface area contributed by atoms with E-state index in [1.165, 1.54) is 0 Å². The Labute approximate surface area is 89.7 Å². The summed E-state index contributed by atoms with van der Waals surface area (Å²) < 4.78 is 0. The van der Waals surface area contributed by atoms with Gasteiger partial charge in [-0.15, -0.1) is 0 Å². The largest absolute Gasteiger partial charge is 0.385 e. The third-order valence-electron chi connectivity index (χ3n) is 2.41. The number of halogens is 1. The number of nitrogens with two attached hydrogens (primary N) is 1. The Morgan fingerprint density at radius 1 is 1.50 bits per heavy atom. The van der Waals surface area contributed by atoms with Crippen molar-refractivity contribution in [2.24, 2.45) is 5.73 Å². The zero-order valence-electron chi connectivity index (χ0n) is 8.55. The third-order valence-corrected chi connectivity index (χ3v) is 2.84. The normalized spacial score (nSPS) is 15.2. The van der Waals surface area contributed by atoms with Crippen LogP contribution in [0.2, 0.25) is 5.02 Å². The van der Waals surface area contributed by atoms with Crippen molar-refractivity contribution in [1.82, 2.24) is 0 Å². The highest BCUT2D eigenvalue weighted by molar-refractivity contribution is 6.31. The molecule has 0 aliphatic rings. The Hall–Kier alpha value is -0.570. The van der Waals surface area contributed by atoms with Crippen molar-refractivity contribution < 1.29 is 5.11 Å². The number of benzene rings is 1. The van der Waals surface area contributed by atoms with Gasteiger partial charge in [0.25, 0.3) is 0 Å². The van der Waals surface area contributed by atoms with Gasteiger partial charge in [-0.05, 0) is 44.0 Å². The summed E-state index contributed by atoms with van der Waals surface area (Å²) >= 11 is 5.90. The minimum absolute atomic E-state index is 0.467. The third kappa shape index (κ3) is 2.47. The van der Waals surface area contributed by atoms with E-state index in [0.717, 1.165) is 16.1 Å². The van der Waals surface area contributed by atoms with Crippen LogP contribution in [0.25, 0.3) is 0 Å². The number of hydrogen-bond acceptors (Lipinski definition) is 2. The van der Waals surface area contributed by atoms with Crippen LogP contribution in [0, 0.1) is 6.92 Å². The molecule has 0 bridgehead atoms. The first kappa shape index (κ1) is 11.5. The topological polar surface area (TPSA) is 46.2 Å².